The number of aromatic nitrogens is 4. The number of pyridine rings is 1. The maximum absolute atomic E-state index is 13.8. The lowest BCUT2D eigenvalue weighted by atomic mass is 9.99. The zero-order chi connectivity index (χ0) is 26.3. The van der Waals surface area contributed by atoms with Gasteiger partial charge in [0, 0.05) is 42.7 Å². The number of benzene rings is 1. The van der Waals surface area contributed by atoms with E-state index in [4.69, 9.17) is 4.98 Å². The van der Waals surface area contributed by atoms with Gasteiger partial charge in [-0.25, -0.2) is 14.5 Å². The molecule has 0 bridgehead atoms. The minimum absolute atomic E-state index is 0.0135. The van der Waals surface area contributed by atoms with Gasteiger partial charge in [-0.2, -0.15) is 0 Å². The zero-order valence-electron chi connectivity index (χ0n) is 21.2. The van der Waals surface area contributed by atoms with Gasteiger partial charge in [0.05, 0.1) is 17.9 Å². The maximum Gasteiger partial charge on any atom is 0.274 e. The second-order valence-electron chi connectivity index (χ2n) is 9.50. The van der Waals surface area contributed by atoms with Crippen LogP contribution in [-0.4, -0.2) is 54.8 Å². The van der Waals surface area contributed by atoms with Gasteiger partial charge in [-0.1, -0.05) is 6.07 Å². The average molecular weight is 500 g/mol. The molecule has 0 fully saturated rings. The van der Waals surface area contributed by atoms with E-state index < -0.39 is 0 Å². The van der Waals surface area contributed by atoms with Crippen LogP contribution in [0, 0.1) is 0 Å². The van der Waals surface area contributed by atoms with Gasteiger partial charge in [0.15, 0.2) is 0 Å². The third kappa shape index (κ3) is 4.46. The number of imidazole rings is 1. The van der Waals surface area contributed by atoms with Gasteiger partial charge in [0.25, 0.3) is 17.4 Å². The fourth-order valence-electron chi connectivity index (χ4n) is 4.62. The minimum Gasteiger partial charge on any atom is -0.355 e. The van der Waals surface area contributed by atoms with Crippen LogP contribution < -0.4 is 16.2 Å². The van der Waals surface area contributed by atoms with Gasteiger partial charge in [0.2, 0.25) is 5.95 Å². The highest BCUT2D eigenvalue weighted by Crippen LogP contribution is 2.25. The molecule has 1 aliphatic heterocycles. The minimum atomic E-state index is -0.215. The first-order valence-electron chi connectivity index (χ1n) is 12.3. The highest BCUT2D eigenvalue weighted by atomic mass is 16.2. The molecule has 0 spiro atoms. The van der Waals surface area contributed by atoms with Crippen LogP contribution in [0.3, 0.4) is 0 Å². The Labute approximate surface area is 214 Å². The molecule has 5 rings (SSSR count). The van der Waals surface area contributed by atoms with Crippen molar-refractivity contribution in [3.8, 4) is 5.69 Å². The lowest BCUT2D eigenvalue weighted by Crippen LogP contribution is -2.46. The molecule has 3 aromatic heterocycles. The highest BCUT2D eigenvalue weighted by molar-refractivity contribution is 5.94. The highest BCUT2D eigenvalue weighted by Gasteiger charge is 2.33. The summed E-state index contributed by atoms with van der Waals surface area (Å²) in [5, 5.41) is 5.87. The molecule has 0 saturated heterocycles. The van der Waals surface area contributed by atoms with E-state index >= 15 is 0 Å². The van der Waals surface area contributed by atoms with Crippen molar-refractivity contribution in [2.24, 2.45) is 0 Å². The van der Waals surface area contributed by atoms with E-state index in [1.807, 2.05) is 49.6 Å². The number of carbonyl (C=O) groups excluding carboxylic acids is 2. The van der Waals surface area contributed by atoms with Gasteiger partial charge < -0.3 is 19.9 Å². The van der Waals surface area contributed by atoms with E-state index in [2.05, 4.69) is 15.6 Å². The molecule has 190 valence electrons. The molecule has 4 heterocycles. The molecular weight excluding hydrogens is 470 g/mol. The Morgan fingerprint density at radius 1 is 1.08 bits per heavy atom. The molecule has 0 radical (unpaired) electrons. The molecule has 1 atom stereocenters. The van der Waals surface area contributed by atoms with E-state index in [-0.39, 0.29) is 36.0 Å². The fraction of sp³-hybridized carbons (Fsp3) is 0.296. The van der Waals surface area contributed by atoms with Crippen LogP contribution in [0.2, 0.25) is 0 Å². The first-order chi connectivity index (χ1) is 17.8. The van der Waals surface area contributed by atoms with Crippen LogP contribution in [-0.2, 0) is 13.0 Å². The molecule has 0 aliphatic carbocycles. The molecule has 0 saturated carbocycles. The van der Waals surface area contributed by atoms with Crippen LogP contribution in [0.25, 0.3) is 11.3 Å². The monoisotopic (exact) mass is 499 g/mol. The van der Waals surface area contributed by atoms with Gasteiger partial charge >= 0.3 is 0 Å². The smallest absolute Gasteiger partial charge is 0.274 e. The lowest BCUT2D eigenvalue weighted by molar-refractivity contribution is 0.0647. The topological polar surface area (TPSA) is 114 Å². The molecule has 1 aliphatic rings. The number of hydrogen-bond acceptors (Lipinski definition) is 6. The van der Waals surface area contributed by atoms with Crippen molar-refractivity contribution >= 4 is 23.4 Å². The van der Waals surface area contributed by atoms with E-state index in [9.17, 15) is 14.4 Å². The van der Waals surface area contributed by atoms with Crippen LogP contribution in [0.1, 0.15) is 52.9 Å². The summed E-state index contributed by atoms with van der Waals surface area (Å²) in [6.07, 6.45) is 3.95. The summed E-state index contributed by atoms with van der Waals surface area (Å²) in [5.41, 5.74) is 3.12. The Hall–Kier alpha value is -4.47. The number of fused-ring (bicyclic) bond motifs is 2. The summed E-state index contributed by atoms with van der Waals surface area (Å²) in [6, 6.07) is 12.2. The number of nitrogens with one attached hydrogen (secondary N) is 2. The lowest BCUT2D eigenvalue weighted by Gasteiger charge is -2.34. The largest absolute Gasteiger partial charge is 0.355 e. The molecule has 37 heavy (non-hydrogen) atoms. The summed E-state index contributed by atoms with van der Waals surface area (Å²) in [5.74, 6) is -0.00991. The predicted octanol–water partition coefficient (Wildman–Crippen LogP) is 2.65. The van der Waals surface area contributed by atoms with Crippen molar-refractivity contribution < 1.29 is 9.59 Å². The summed E-state index contributed by atoms with van der Waals surface area (Å²) in [4.78, 5) is 50.2. The van der Waals surface area contributed by atoms with E-state index in [0.717, 1.165) is 0 Å². The standard InChI is InChI=1S/C27H29N7O3/c1-16(2)29-27-31-21-15-33(26(37)22-14-32-12-6-5-7-23(32)30-22)17(3)13-20(21)25(36)34(27)19-10-8-18(9-11-19)24(35)28-4/h5-12,14,16-17H,13,15H2,1-4H3,(H,28,35)(H,29,31)/t17-/m1/s1. The van der Waals surface area contributed by atoms with Gasteiger partial charge in [-0.05, 0) is 63.6 Å². The molecule has 0 unspecified atom stereocenters. The van der Waals surface area contributed by atoms with Crippen molar-refractivity contribution in [2.75, 3.05) is 12.4 Å². The molecule has 4 aromatic rings. The molecule has 2 N–H and O–H groups in total. The van der Waals surface area contributed by atoms with Gasteiger partial charge in [-0.3, -0.25) is 14.4 Å². The van der Waals surface area contributed by atoms with Crippen LogP contribution in [0.5, 0.6) is 0 Å². The van der Waals surface area contributed by atoms with Crippen LogP contribution in [0.4, 0.5) is 5.95 Å². The van der Waals surface area contributed by atoms with E-state index in [1.54, 1.807) is 47.0 Å². The Morgan fingerprint density at radius 3 is 2.51 bits per heavy atom. The number of rotatable bonds is 5. The molecular formula is C27H29N7O3. The van der Waals surface area contributed by atoms with Gasteiger partial charge in [0.1, 0.15) is 11.3 Å². The molecule has 2 amide bonds. The Morgan fingerprint density at radius 2 is 1.84 bits per heavy atom. The number of anilines is 1. The third-order valence-electron chi connectivity index (χ3n) is 6.49. The van der Waals surface area contributed by atoms with Crippen LogP contribution >= 0.6 is 0 Å². The fourth-order valence-corrected chi connectivity index (χ4v) is 4.62. The van der Waals surface area contributed by atoms with Crippen molar-refractivity contribution in [1.82, 2.24) is 29.2 Å². The number of hydrogen-bond donors (Lipinski definition) is 2. The molecule has 1 aromatic carbocycles. The van der Waals surface area contributed by atoms with Crippen LogP contribution in [0.15, 0.2) is 59.7 Å². The third-order valence-corrected chi connectivity index (χ3v) is 6.49. The Bertz CT molecular complexity index is 1520. The first-order valence-corrected chi connectivity index (χ1v) is 12.3. The Kier molecular flexibility index (Phi) is 6.24. The number of nitrogens with zero attached hydrogens (tertiary/aromatic N) is 5. The first kappa shape index (κ1) is 24.2. The van der Waals surface area contributed by atoms with Gasteiger partial charge in [-0.15, -0.1) is 0 Å². The summed E-state index contributed by atoms with van der Waals surface area (Å²) in [6.45, 7) is 6.07. The van der Waals surface area contributed by atoms with Crippen molar-refractivity contribution in [2.45, 2.75) is 45.8 Å². The quantitative estimate of drug-likeness (QED) is 0.437. The summed E-state index contributed by atoms with van der Waals surface area (Å²) in [7, 11) is 1.57. The maximum atomic E-state index is 13.8. The summed E-state index contributed by atoms with van der Waals surface area (Å²) < 4.78 is 3.35. The molecule has 10 nitrogen and oxygen atoms in total. The van der Waals surface area contributed by atoms with Crippen molar-refractivity contribution in [3.63, 3.8) is 0 Å². The number of carbonyl (C=O) groups is 2. The Balaban J connectivity index is 1.53. The second-order valence-corrected chi connectivity index (χ2v) is 9.50. The predicted molar refractivity (Wildman–Crippen MR) is 140 cm³/mol. The van der Waals surface area contributed by atoms with Crippen molar-refractivity contribution in [1.29, 1.82) is 0 Å². The van der Waals surface area contributed by atoms with E-state index in [0.29, 0.717) is 46.2 Å². The summed E-state index contributed by atoms with van der Waals surface area (Å²) >= 11 is 0. The molecule has 10 heteroatoms. The SMILES string of the molecule is CNC(=O)c1ccc(-n2c(NC(C)C)nc3c(c2=O)C[C@@H](C)N(C(=O)c2cn4ccccc4n2)C3)cc1. The second kappa shape index (κ2) is 9.53. The normalized spacial score (nSPS) is 15.1. The zero-order valence-corrected chi connectivity index (χ0v) is 21.2. The number of amides is 2. The van der Waals surface area contributed by atoms with Crippen molar-refractivity contribution in [3.05, 3.63) is 87.7 Å². The van der Waals surface area contributed by atoms with E-state index in [1.165, 1.54) is 0 Å². The average Bonchev–Trinajstić information content (AvgIpc) is 3.32.